The van der Waals surface area contributed by atoms with E-state index < -0.39 is 19.4 Å². The van der Waals surface area contributed by atoms with Crippen LogP contribution < -0.4 is 5.32 Å². The average molecular weight is 383 g/mol. The van der Waals surface area contributed by atoms with Crippen molar-refractivity contribution < 1.29 is 24.5 Å². The first-order chi connectivity index (χ1) is 12.3. The van der Waals surface area contributed by atoms with Crippen LogP contribution in [0.3, 0.4) is 0 Å². The first kappa shape index (κ1) is 21.1. The molecular weight excluding hydrogens is 353 g/mol. The lowest BCUT2D eigenvalue weighted by molar-refractivity contribution is 0.0696. The second-order valence-electron chi connectivity index (χ2n) is 7.43. The number of aliphatic hydroxyl groups is 1. The average Bonchev–Trinajstić information content (AvgIpc) is 2.59. The Hall–Kier alpha value is -1.20. The highest BCUT2D eigenvalue weighted by Crippen LogP contribution is 2.45. The van der Waals surface area contributed by atoms with Gasteiger partial charge in [0.2, 0.25) is 7.37 Å². The van der Waals surface area contributed by atoms with E-state index in [0.717, 1.165) is 31.2 Å². The third-order valence-electron chi connectivity index (χ3n) is 5.06. The van der Waals surface area contributed by atoms with E-state index in [0.29, 0.717) is 12.1 Å². The zero-order valence-corrected chi connectivity index (χ0v) is 16.2. The maximum Gasteiger partial charge on any atom is 0.335 e. The maximum atomic E-state index is 12.4. The Morgan fingerprint density at radius 3 is 2.65 bits per heavy atom. The molecule has 6 nitrogen and oxygen atoms in total. The quantitative estimate of drug-likeness (QED) is 0.488. The predicted molar refractivity (Wildman–Crippen MR) is 102 cm³/mol. The number of benzene rings is 1. The zero-order valence-electron chi connectivity index (χ0n) is 15.3. The Balaban J connectivity index is 1.81. The van der Waals surface area contributed by atoms with Crippen molar-refractivity contribution in [3.63, 3.8) is 0 Å². The van der Waals surface area contributed by atoms with Gasteiger partial charge in [-0.05, 0) is 43.4 Å². The number of rotatable bonds is 9. The SMILES string of the molecule is C[C@@H](NC[C@H](O)CP(=O)(O)CC1CCCCC1)c1cccc(C(=O)O)c1. The summed E-state index contributed by atoms with van der Waals surface area (Å²) in [6.45, 7) is 2.06. The van der Waals surface area contributed by atoms with Crippen molar-refractivity contribution in [1.29, 1.82) is 0 Å². The Labute approximate surface area is 155 Å². The summed E-state index contributed by atoms with van der Waals surface area (Å²) in [5.41, 5.74) is 1.01. The Morgan fingerprint density at radius 2 is 2.00 bits per heavy atom. The summed E-state index contributed by atoms with van der Waals surface area (Å²) in [6, 6.07) is 6.45. The Morgan fingerprint density at radius 1 is 1.31 bits per heavy atom. The fraction of sp³-hybridized carbons (Fsp3) is 0.632. The molecule has 1 aliphatic carbocycles. The second-order valence-corrected chi connectivity index (χ2v) is 9.85. The molecule has 0 heterocycles. The Bertz CT molecular complexity index is 645. The van der Waals surface area contributed by atoms with Gasteiger partial charge in [0.1, 0.15) is 0 Å². The molecule has 1 saturated carbocycles. The van der Waals surface area contributed by atoms with Gasteiger partial charge in [-0.15, -0.1) is 0 Å². The summed E-state index contributed by atoms with van der Waals surface area (Å²) in [5, 5.41) is 22.3. The van der Waals surface area contributed by atoms with Crippen LogP contribution in [-0.2, 0) is 4.57 Å². The highest BCUT2D eigenvalue weighted by atomic mass is 31.2. The lowest BCUT2D eigenvalue weighted by Crippen LogP contribution is -2.32. The molecule has 0 spiro atoms. The zero-order chi connectivity index (χ0) is 19.2. The minimum Gasteiger partial charge on any atom is -0.478 e. The molecule has 0 aliphatic heterocycles. The molecule has 2 rings (SSSR count). The van der Waals surface area contributed by atoms with E-state index >= 15 is 0 Å². The highest BCUT2D eigenvalue weighted by molar-refractivity contribution is 7.58. The van der Waals surface area contributed by atoms with E-state index in [2.05, 4.69) is 5.32 Å². The number of carboxylic acids is 1. The first-order valence-electron chi connectivity index (χ1n) is 9.32. The van der Waals surface area contributed by atoms with E-state index in [1.807, 2.05) is 13.0 Å². The van der Waals surface area contributed by atoms with Gasteiger partial charge in [-0.1, -0.05) is 31.4 Å². The molecule has 1 aromatic rings. The maximum absolute atomic E-state index is 12.4. The molecular formula is C19H30NO5P. The fourth-order valence-corrected chi connectivity index (χ4v) is 5.72. The molecule has 1 aromatic carbocycles. The van der Waals surface area contributed by atoms with Crippen LogP contribution >= 0.6 is 7.37 Å². The van der Waals surface area contributed by atoms with Crippen LogP contribution in [0.4, 0.5) is 0 Å². The summed E-state index contributed by atoms with van der Waals surface area (Å²) < 4.78 is 12.4. The molecule has 4 N–H and O–H groups in total. The van der Waals surface area contributed by atoms with Gasteiger partial charge in [-0.3, -0.25) is 4.57 Å². The Kier molecular flexibility index (Phi) is 7.84. The highest BCUT2D eigenvalue weighted by Gasteiger charge is 2.28. The van der Waals surface area contributed by atoms with Crippen molar-refractivity contribution in [3.8, 4) is 0 Å². The number of hydrogen-bond acceptors (Lipinski definition) is 4. The summed E-state index contributed by atoms with van der Waals surface area (Å²) in [5.74, 6) is -0.680. The number of carbonyl (C=O) groups is 1. The van der Waals surface area contributed by atoms with E-state index in [-0.39, 0.29) is 24.3 Å². The van der Waals surface area contributed by atoms with Gasteiger partial charge in [0.15, 0.2) is 0 Å². The normalized spacial score (nSPS) is 20.3. The van der Waals surface area contributed by atoms with Crippen molar-refractivity contribution in [2.45, 2.75) is 51.2 Å². The second kappa shape index (κ2) is 9.65. The summed E-state index contributed by atoms with van der Waals surface area (Å²) in [6.07, 6.45) is 4.78. The van der Waals surface area contributed by atoms with E-state index in [4.69, 9.17) is 5.11 Å². The molecule has 0 saturated heterocycles. The molecule has 3 atom stereocenters. The molecule has 0 radical (unpaired) electrons. The van der Waals surface area contributed by atoms with E-state index in [9.17, 15) is 19.4 Å². The molecule has 1 aliphatic rings. The van der Waals surface area contributed by atoms with Crippen LogP contribution in [-0.4, -0.2) is 46.0 Å². The van der Waals surface area contributed by atoms with Crippen molar-refractivity contribution in [1.82, 2.24) is 5.32 Å². The van der Waals surface area contributed by atoms with Gasteiger partial charge >= 0.3 is 5.97 Å². The van der Waals surface area contributed by atoms with Gasteiger partial charge in [0.25, 0.3) is 0 Å². The molecule has 0 aromatic heterocycles. The van der Waals surface area contributed by atoms with Gasteiger partial charge in [0.05, 0.1) is 17.8 Å². The van der Waals surface area contributed by atoms with Crippen LogP contribution in [0.25, 0.3) is 0 Å². The van der Waals surface area contributed by atoms with Crippen LogP contribution in [0, 0.1) is 5.92 Å². The van der Waals surface area contributed by atoms with Crippen molar-refractivity contribution in [3.05, 3.63) is 35.4 Å². The molecule has 1 unspecified atom stereocenters. The number of hydrogen-bond donors (Lipinski definition) is 4. The third kappa shape index (κ3) is 6.84. The number of aliphatic hydroxyl groups excluding tert-OH is 1. The van der Waals surface area contributed by atoms with Crippen LogP contribution in [0.1, 0.15) is 61.0 Å². The number of aromatic carboxylic acids is 1. The van der Waals surface area contributed by atoms with Crippen molar-refractivity contribution in [2.75, 3.05) is 18.9 Å². The predicted octanol–water partition coefficient (Wildman–Crippen LogP) is 3.25. The number of nitrogens with one attached hydrogen (secondary N) is 1. The lowest BCUT2D eigenvalue weighted by Gasteiger charge is -2.25. The van der Waals surface area contributed by atoms with Gasteiger partial charge in [-0.2, -0.15) is 0 Å². The van der Waals surface area contributed by atoms with Crippen LogP contribution in [0.15, 0.2) is 24.3 Å². The minimum absolute atomic E-state index is 0.0988. The van der Waals surface area contributed by atoms with Gasteiger partial charge < -0.3 is 20.4 Å². The monoisotopic (exact) mass is 383 g/mol. The van der Waals surface area contributed by atoms with E-state index in [1.54, 1.807) is 12.1 Å². The topological polar surface area (TPSA) is 107 Å². The lowest BCUT2D eigenvalue weighted by atomic mass is 9.91. The fourth-order valence-electron chi connectivity index (χ4n) is 3.61. The van der Waals surface area contributed by atoms with Gasteiger partial charge in [-0.25, -0.2) is 4.79 Å². The van der Waals surface area contributed by atoms with E-state index in [1.165, 1.54) is 12.5 Å². The summed E-state index contributed by atoms with van der Waals surface area (Å²) >= 11 is 0. The van der Waals surface area contributed by atoms with Crippen molar-refractivity contribution in [2.24, 2.45) is 5.92 Å². The number of carboxylic acid groups (broad SMARTS) is 1. The molecule has 0 amide bonds. The summed E-state index contributed by atoms with van der Waals surface area (Å²) in [7, 11) is -3.34. The largest absolute Gasteiger partial charge is 0.478 e. The molecule has 1 fully saturated rings. The smallest absolute Gasteiger partial charge is 0.335 e. The van der Waals surface area contributed by atoms with Crippen LogP contribution in [0.5, 0.6) is 0 Å². The van der Waals surface area contributed by atoms with Crippen LogP contribution in [0.2, 0.25) is 0 Å². The summed E-state index contributed by atoms with van der Waals surface area (Å²) in [4.78, 5) is 21.3. The molecule has 146 valence electrons. The first-order valence-corrected chi connectivity index (χ1v) is 11.4. The minimum atomic E-state index is -3.34. The van der Waals surface area contributed by atoms with Gasteiger partial charge in [0, 0.05) is 18.7 Å². The molecule has 0 bridgehead atoms. The molecule has 7 heteroatoms. The standard InChI is InChI=1S/C19H30NO5P/c1-14(16-8-5-9-17(10-16)19(22)23)20-11-18(21)13-26(24,25)12-15-6-3-2-4-7-15/h5,8-10,14-15,18,20-21H,2-4,6-7,11-13H2,1H3,(H,22,23)(H,24,25)/t14-,18+/m1/s1. The third-order valence-corrected chi connectivity index (χ3v) is 7.14. The molecule has 26 heavy (non-hydrogen) atoms. The van der Waals surface area contributed by atoms with Crippen molar-refractivity contribution >= 4 is 13.3 Å².